The monoisotopic (exact) mass is 210 g/mol. The highest BCUT2D eigenvalue weighted by molar-refractivity contribution is 6.64. The Labute approximate surface area is 79.6 Å². The molecular formula is C7H5Cl3O. The first-order chi connectivity index (χ1) is 5.11. The van der Waals surface area contributed by atoms with E-state index in [2.05, 4.69) is 0 Å². The van der Waals surface area contributed by atoms with Gasteiger partial charge in [0.25, 0.3) is 0 Å². The zero-order valence-electron chi connectivity index (χ0n) is 5.43. The molecule has 0 aromatic heterocycles. The molecule has 0 radical (unpaired) electrons. The van der Waals surface area contributed by atoms with E-state index in [1.54, 1.807) is 18.2 Å². The Bertz CT molecular complexity index is 232. The van der Waals surface area contributed by atoms with Crippen molar-refractivity contribution < 1.29 is 4.79 Å². The van der Waals surface area contributed by atoms with Crippen molar-refractivity contribution in [1.29, 1.82) is 0 Å². The first-order valence-electron chi connectivity index (χ1n) is 3.00. The van der Waals surface area contributed by atoms with Crippen molar-refractivity contribution in [3.63, 3.8) is 0 Å². The molecular weight excluding hydrogens is 206 g/mol. The van der Waals surface area contributed by atoms with Gasteiger partial charge in [0, 0.05) is 5.03 Å². The molecule has 4 heteroatoms. The molecule has 1 nitrogen and oxygen atoms in total. The summed E-state index contributed by atoms with van der Waals surface area (Å²) in [5, 5.41) is -0.335. The molecule has 0 aromatic carbocycles. The number of allylic oxidation sites excluding steroid dienone is 4. The summed E-state index contributed by atoms with van der Waals surface area (Å²) in [6.07, 6.45) is 4.81. The van der Waals surface area contributed by atoms with Gasteiger partial charge >= 0.3 is 0 Å². The molecule has 11 heavy (non-hydrogen) atoms. The largest absolute Gasteiger partial charge is 0.281 e. The van der Waals surface area contributed by atoms with Crippen molar-refractivity contribution in [2.75, 3.05) is 0 Å². The average molecular weight is 211 g/mol. The van der Waals surface area contributed by atoms with Crippen molar-refractivity contribution in [3.8, 4) is 0 Å². The highest BCUT2D eigenvalue weighted by Gasteiger charge is 2.23. The number of halogens is 3. The molecule has 2 unspecified atom stereocenters. The maximum absolute atomic E-state index is 10.7. The van der Waals surface area contributed by atoms with Gasteiger partial charge in [0.15, 0.2) is 0 Å². The molecule has 0 bridgehead atoms. The van der Waals surface area contributed by atoms with Gasteiger partial charge in [0.2, 0.25) is 5.24 Å². The average Bonchev–Trinajstić information content (AvgIpc) is 1.85. The zero-order chi connectivity index (χ0) is 8.43. The molecule has 0 aromatic rings. The standard InChI is InChI=1S/C7H5Cl3O/c8-4-1-2-5(7(10)11)6(9)3-4/h1-3,5-6H. The highest BCUT2D eigenvalue weighted by Crippen LogP contribution is 2.25. The zero-order valence-corrected chi connectivity index (χ0v) is 7.70. The van der Waals surface area contributed by atoms with E-state index in [4.69, 9.17) is 34.8 Å². The molecule has 0 spiro atoms. The quantitative estimate of drug-likeness (QED) is 0.481. The third kappa shape index (κ3) is 2.22. The van der Waals surface area contributed by atoms with E-state index < -0.39 is 16.5 Å². The molecule has 2 atom stereocenters. The third-order valence-corrected chi connectivity index (χ3v) is 2.29. The van der Waals surface area contributed by atoms with Crippen molar-refractivity contribution in [2.45, 2.75) is 5.38 Å². The summed E-state index contributed by atoms with van der Waals surface area (Å²) in [4.78, 5) is 10.7. The van der Waals surface area contributed by atoms with Crippen molar-refractivity contribution in [1.82, 2.24) is 0 Å². The van der Waals surface area contributed by atoms with Crippen LogP contribution in [0.15, 0.2) is 23.3 Å². The predicted octanol–water partition coefficient (Wildman–Crippen LogP) is 2.67. The Morgan fingerprint density at radius 1 is 1.55 bits per heavy atom. The van der Waals surface area contributed by atoms with Gasteiger partial charge in [-0.25, -0.2) is 0 Å². The van der Waals surface area contributed by atoms with Crippen LogP contribution in [0, 0.1) is 5.92 Å². The Kier molecular flexibility index (Phi) is 2.99. The minimum absolute atomic E-state index is 0.419. The molecule has 0 aliphatic heterocycles. The molecule has 0 heterocycles. The van der Waals surface area contributed by atoms with E-state index in [0.717, 1.165) is 0 Å². The van der Waals surface area contributed by atoms with Crippen LogP contribution in [0.5, 0.6) is 0 Å². The van der Waals surface area contributed by atoms with Crippen molar-refractivity contribution >= 4 is 40.0 Å². The van der Waals surface area contributed by atoms with Crippen LogP contribution in [0.4, 0.5) is 0 Å². The molecule has 1 rings (SSSR count). The number of carbonyl (C=O) groups excluding carboxylic acids is 1. The molecule has 0 fully saturated rings. The van der Waals surface area contributed by atoms with Gasteiger partial charge in [-0.15, -0.1) is 11.6 Å². The van der Waals surface area contributed by atoms with E-state index in [1.165, 1.54) is 0 Å². The van der Waals surface area contributed by atoms with E-state index in [1.807, 2.05) is 0 Å². The van der Waals surface area contributed by atoms with Crippen LogP contribution in [-0.2, 0) is 4.79 Å². The van der Waals surface area contributed by atoms with Crippen molar-refractivity contribution in [3.05, 3.63) is 23.3 Å². The van der Waals surface area contributed by atoms with Gasteiger partial charge in [-0.3, -0.25) is 4.79 Å². The minimum Gasteiger partial charge on any atom is -0.281 e. The maximum atomic E-state index is 10.7. The van der Waals surface area contributed by atoms with Gasteiger partial charge in [0.1, 0.15) is 0 Å². The smallest absolute Gasteiger partial charge is 0.230 e. The van der Waals surface area contributed by atoms with Gasteiger partial charge in [-0.05, 0) is 23.8 Å². The fourth-order valence-electron chi connectivity index (χ4n) is 0.814. The lowest BCUT2D eigenvalue weighted by Crippen LogP contribution is -2.18. The fourth-order valence-corrected chi connectivity index (χ4v) is 1.69. The van der Waals surface area contributed by atoms with Gasteiger partial charge in [0.05, 0.1) is 11.3 Å². The SMILES string of the molecule is O=C(Cl)C1C=CC(Cl)=CC1Cl. The topological polar surface area (TPSA) is 17.1 Å². The Morgan fingerprint density at radius 3 is 2.64 bits per heavy atom. The number of carbonyl (C=O) groups is 1. The summed E-state index contributed by atoms with van der Waals surface area (Å²) < 4.78 is 0. The lowest BCUT2D eigenvalue weighted by atomic mass is 10.0. The van der Waals surface area contributed by atoms with Crippen LogP contribution in [0.1, 0.15) is 0 Å². The summed E-state index contributed by atoms with van der Waals surface area (Å²) in [6.45, 7) is 0. The van der Waals surface area contributed by atoms with Crippen LogP contribution < -0.4 is 0 Å². The first kappa shape index (κ1) is 9.11. The Hall–Kier alpha value is 0.0200. The van der Waals surface area contributed by atoms with Crippen LogP contribution in [0.25, 0.3) is 0 Å². The van der Waals surface area contributed by atoms with Crippen LogP contribution in [0.2, 0.25) is 0 Å². The normalized spacial score (nSPS) is 29.9. The van der Waals surface area contributed by atoms with E-state index in [9.17, 15) is 4.79 Å². The number of hydrogen-bond donors (Lipinski definition) is 0. The second-order valence-electron chi connectivity index (χ2n) is 2.18. The molecule has 1 aliphatic carbocycles. The van der Waals surface area contributed by atoms with E-state index in [-0.39, 0.29) is 0 Å². The summed E-state index contributed by atoms with van der Waals surface area (Å²) in [5.41, 5.74) is 0. The Morgan fingerprint density at radius 2 is 2.18 bits per heavy atom. The van der Waals surface area contributed by atoms with Crippen LogP contribution >= 0.6 is 34.8 Å². The summed E-state index contributed by atoms with van der Waals surface area (Å²) in [5.74, 6) is -0.444. The second kappa shape index (κ2) is 3.61. The molecule has 1 aliphatic rings. The first-order valence-corrected chi connectivity index (χ1v) is 4.19. The van der Waals surface area contributed by atoms with E-state index >= 15 is 0 Å². The summed E-state index contributed by atoms with van der Waals surface area (Å²) in [6, 6.07) is 0. The third-order valence-electron chi connectivity index (χ3n) is 1.39. The molecule has 0 saturated carbocycles. The van der Waals surface area contributed by atoms with E-state index in [0.29, 0.717) is 5.03 Å². The van der Waals surface area contributed by atoms with Crippen LogP contribution in [0.3, 0.4) is 0 Å². The summed E-state index contributed by atoms with van der Waals surface area (Å²) in [7, 11) is 0. The van der Waals surface area contributed by atoms with Gasteiger partial charge in [-0.2, -0.15) is 0 Å². The predicted molar refractivity (Wildman–Crippen MR) is 47.1 cm³/mol. The minimum atomic E-state index is -0.457. The van der Waals surface area contributed by atoms with Crippen LogP contribution in [-0.4, -0.2) is 10.6 Å². The second-order valence-corrected chi connectivity index (χ2v) is 3.50. The lowest BCUT2D eigenvalue weighted by Gasteiger charge is -2.14. The highest BCUT2D eigenvalue weighted by atomic mass is 35.5. The molecule has 60 valence electrons. The maximum Gasteiger partial charge on any atom is 0.230 e. The van der Waals surface area contributed by atoms with Gasteiger partial charge < -0.3 is 0 Å². The Balaban J connectivity index is 2.77. The number of alkyl halides is 1. The summed E-state index contributed by atoms with van der Waals surface area (Å²) >= 11 is 16.6. The fraction of sp³-hybridized carbons (Fsp3) is 0.286. The van der Waals surface area contributed by atoms with Gasteiger partial charge in [-0.1, -0.05) is 17.7 Å². The van der Waals surface area contributed by atoms with Crippen molar-refractivity contribution in [2.24, 2.45) is 5.92 Å². The molecule has 0 saturated heterocycles. The lowest BCUT2D eigenvalue weighted by molar-refractivity contribution is -0.113. The number of hydrogen-bond acceptors (Lipinski definition) is 1. The molecule has 0 N–H and O–H groups in total. The molecule has 0 amide bonds. The number of rotatable bonds is 1.